The number of nitrogens with zero attached hydrogens (tertiary/aromatic N) is 4. The Morgan fingerprint density at radius 1 is 1.08 bits per heavy atom. The van der Waals surface area contributed by atoms with Crippen molar-refractivity contribution in [1.29, 1.82) is 0 Å². The molecule has 0 bridgehead atoms. The molecule has 1 aromatic carbocycles. The molecule has 3 amide bonds. The molecule has 202 valence electrons. The van der Waals surface area contributed by atoms with Gasteiger partial charge in [-0.15, -0.1) is 0 Å². The second-order valence-corrected chi connectivity index (χ2v) is 9.47. The molecule has 3 rings (SSSR count). The Hall–Kier alpha value is -3.68. The quantitative estimate of drug-likeness (QED) is 0.365. The van der Waals surface area contributed by atoms with Gasteiger partial charge in [0.2, 0.25) is 0 Å². The summed E-state index contributed by atoms with van der Waals surface area (Å²) in [5, 5.41) is 5.76. The van der Waals surface area contributed by atoms with E-state index in [1.165, 1.54) is 11.0 Å². The number of carbonyl (C=O) groups is 3. The molecule has 2 N–H and O–H groups in total. The van der Waals surface area contributed by atoms with E-state index in [2.05, 4.69) is 26.2 Å². The summed E-state index contributed by atoms with van der Waals surface area (Å²) < 4.78 is 16.6. The van der Waals surface area contributed by atoms with Crippen LogP contribution >= 0.6 is 7.92 Å². The predicted molar refractivity (Wildman–Crippen MR) is 143 cm³/mol. The van der Waals surface area contributed by atoms with Gasteiger partial charge in [-0.2, -0.15) is 0 Å². The zero-order valence-corrected chi connectivity index (χ0v) is 22.7. The molecule has 0 aliphatic carbocycles. The number of nitrogens with one attached hydrogen (secondary N) is 2. The minimum atomic E-state index is -1.26. The summed E-state index contributed by atoms with van der Waals surface area (Å²) in [4.78, 5) is 50.5. The van der Waals surface area contributed by atoms with E-state index in [0.717, 1.165) is 18.4 Å². The Morgan fingerprint density at radius 3 is 2.39 bits per heavy atom. The van der Waals surface area contributed by atoms with Crippen LogP contribution in [0.4, 0.5) is 10.6 Å². The third-order valence-corrected chi connectivity index (χ3v) is 6.07. The van der Waals surface area contributed by atoms with Crippen molar-refractivity contribution in [3.63, 3.8) is 0 Å². The Kier molecular flexibility index (Phi) is 10.9. The van der Waals surface area contributed by atoms with E-state index in [1.807, 2.05) is 51.1 Å². The molecule has 38 heavy (non-hydrogen) atoms. The molecule has 1 aliphatic heterocycles. The number of amides is 3. The van der Waals surface area contributed by atoms with E-state index in [-0.39, 0.29) is 24.8 Å². The topological polar surface area (TPSA) is 134 Å². The molecule has 0 unspecified atom stereocenters. The summed E-state index contributed by atoms with van der Waals surface area (Å²) in [5.74, 6) is -0.303. The normalized spacial score (nSPS) is 13.9. The van der Waals surface area contributed by atoms with Crippen molar-refractivity contribution in [3.05, 3.63) is 42.1 Å². The number of aromatic nitrogens is 2. The number of benzene rings is 1. The molecule has 12 heteroatoms. The maximum absolute atomic E-state index is 13.2. The van der Waals surface area contributed by atoms with Gasteiger partial charge in [0, 0.05) is 0 Å². The molecular formula is C26H33N6O5P. The van der Waals surface area contributed by atoms with Gasteiger partial charge in [-0.1, -0.05) is 6.92 Å². The third kappa shape index (κ3) is 8.16. The van der Waals surface area contributed by atoms with Crippen molar-refractivity contribution >= 4 is 31.6 Å². The summed E-state index contributed by atoms with van der Waals surface area (Å²) in [6, 6.07) is 9.52. The SMILES string of the molecule is CCCCOC(=O)N1CCN(C(=O)[C@H](C#P=O)NC(=O)c2cc(NC(C)C)nc(-c3ccccc3)n2)CC1. The van der Waals surface area contributed by atoms with Crippen LogP contribution in [0.3, 0.4) is 0 Å². The van der Waals surface area contributed by atoms with E-state index >= 15 is 0 Å². The van der Waals surface area contributed by atoms with Crippen molar-refractivity contribution in [2.24, 2.45) is 0 Å². The molecule has 1 aromatic heterocycles. The summed E-state index contributed by atoms with van der Waals surface area (Å²) in [6.45, 7) is 7.35. The molecule has 1 saturated heterocycles. The van der Waals surface area contributed by atoms with Crippen LogP contribution in [-0.4, -0.2) is 82.5 Å². The first kappa shape index (κ1) is 28.9. The van der Waals surface area contributed by atoms with Crippen molar-refractivity contribution < 1.29 is 23.7 Å². The second kappa shape index (κ2) is 14.3. The third-order valence-electron chi connectivity index (χ3n) is 5.70. The molecular weight excluding hydrogens is 507 g/mol. The van der Waals surface area contributed by atoms with Gasteiger partial charge in [-0.05, 0) is 0 Å². The van der Waals surface area contributed by atoms with E-state index in [1.54, 1.807) is 4.90 Å². The van der Waals surface area contributed by atoms with Gasteiger partial charge in [0.25, 0.3) is 0 Å². The van der Waals surface area contributed by atoms with Gasteiger partial charge >= 0.3 is 216 Å². The number of rotatable bonds is 9. The maximum atomic E-state index is 13.2. The van der Waals surface area contributed by atoms with Gasteiger partial charge in [0.05, 0.1) is 0 Å². The zero-order valence-electron chi connectivity index (χ0n) is 21.8. The second-order valence-electron chi connectivity index (χ2n) is 9.03. The molecule has 0 spiro atoms. The molecule has 1 fully saturated rings. The number of hydrogen-bond donors (Lipinski definition) is 2. The number of piperazine rings is 1. The zero-order chi connectivity index (χ0) is 27.5. The number of anilines is 1. The van der Waals surface area contributed by atoms with Crippen molar-refractivity contribution in [3.8, 4) is 17.0 Å². The van der Waals surface area contributed by atoms with Crippen molar-refractivity contribution in [2.45, 2.75) is 45.7 Å². The molecule has 1 aliphatic rings. The molecule has 1 atom stereocenters. The van der Waals surface area contributed by atoms with Gasteiger partial charge < -0.3 is 0 Å². The summed E-state index contributed by atoms with van der Waals surface area (Å²) in [7, 11) is -0.527. The van der Waals surface area contributed by atoms with E-state index in [9.17, 15) is 18.9 Å². The van der Waals surface area contributed by atoms with Gasteiger partial charge in [0.1, 0.15) is 0 Å². The van der Waals surface area contributed by atoms with Crippen molar-refractivity contribution in [2.75, 3.05) is 38.1 Å². The first-order chi connectivity index (χ1) is 18.3. The van der Waals surface area contributed by atoms with Gasteiger partial charge in [-0.25, -0.2) is 0 Å². The molecule has 0 saturated carbocycles. The van der Waals surface area contributed by atoms with Gasteiger partial charge in [0.15, 0.2) is 0 Å². The monoisotopic (exact) mass is 540 g/mol. The van der Waals surface area contributed by atoms with Crippen molar-refractivity contribution in [1.82, 2.24) is 25.1 Å². The average Bonchev–Trinajstić information content (AvgIpc) is 2.92. The summed E-state index contributed by atoms with van der Waals surface area (Å²) in [6.07, 6.45) is 1.31. The minimum absolute atomic E-state index is 0.0452. The Morgan fingerprint density at radius 2 is 1.76 bits per heavy atom. The van der Waals surface area contributed by atoms with E-state index in [4.69, 9.17) is 4.74 Å². The molecule has 0 radical (unpaired) electrons. The van der Waals surface area contributed by atoms with Crippen LogP contribution in [0.2, 0.25) is 0 Å². The van der Waals surface area contributed by atoms with Crippen LogP contribution in [-0.2, 0) is 14.1 Å². The Bertz CT molecular complexity index is 1230. The summed E-state index contributed by atoms with van der Waals surface area (Å²) in [5.41, 5.74) is 3.24. The molecule has 11 nitrogen and oxygen atoms in total. The van der Waals surface area contributed by atoms with Crippen LogP contribution in [0.5, 0.6) is 0 Å². The predicted octanol–water partition coefficient (Wildman–Crippen LogP) is 3.39. The molecule has 2 heterocycles. The van der Waals surface area contributed by atoms with Crippen LogP contribution in [0.1, 0.15) is 44.1 Å². The number of carbonyl (C=O) groups excluding carboxylic acids is 3. The van der Waals surface area contributed by atoms with E-state index in [0.29, 0.717) is 31.3 Å². The summed E-state index contributed by atoms with van der Waals surface area (Å²) >= 11 is 0. The number of hydrogen-bond acceptors (Lipinski definition) is 8. The van der Waals surface area contributed by atoms with Gasteiger partial charge in [-0.3, -0.25) is 0 Å². The number of ether oxygens (including phenoxy) is 1. The first-order valence-electron chi connectivity index (χ1n) is 12.6. The standard InChI is InChI=1S/C26H33N6O5P/c1-4-5-15-37-26(35)32-13-11-31(12-14-32)25(34)21(17-38-36)29-24(33)20-16-22(27-18(2)3)30-23(28-20)19-9-7-6-8-10-19/h6-10,16,18,21H,4-5,11-15H2,1-3H3,(H,29,33)(H,27,28,30)/t21-/m0/s1. The Balaban J connectivity index is 1.72. The van der Waals surface area contributed by atoms with Crippen LogP contribution in [0, 0.1) is 5.63 Å². The van der Waals surface area contributed by atoms with Crippen LogP contribution in [0.25, 0.3) is 11.4 Å². The fourth-order valence-corrected chi connectivity index (χ4v) is 4.02. The molecule has 2 aromatic rings. The van der Waals surface area contributed by atoms with E-state index < -0.39 is 31.9 Å². The fraction of sp³-hybridized carbons (Fsp3) is 0.462. The van der Waals surface area contributed by atoms with Crippen LogP contribution in [0.15, 0.2) is 36.4 Å². The first-order valence-corrected chi connectivity index (χ1v) is 13.4. The number of unbranched alkanes of at least 4 members (excludes halogenated alkanes) is 1. The fourth-order valence-electron chi connectivity index (χ4n) is 3.74. The Labute approximate surface area is 223 Å². The average molecular weight is 541 g/mol. The van der Waals surface area contributed by atoms with Crippen LogP contribution < -0.4 is 10.6 Å².